The van der Waals surface area contributed by atoms with Crippen LogP contribution in [0.1, 0.15) is 114 Å². The lowest BCUT2D eigenvalue weighted by Gasteiger charge is -2.49. The molecule has 23 heteroatoms. The summed E-state index contributed by atoms with van der Waals surface area (Å²) in [6.45, 7) is 15.5. The predicted molar refractivity (Wildman–Crippen MR) is 253 cm³/mol. The average molecular weight is 1010 g/mol. The number of hydrogen-bond acceptors (Lipinski definition) is 17. The second-order valence-electron chi connectivity index (χ2n) is 19.7. The molecular formula is C48H78N8O15. The number of Topliss-reactive ketones (excluding diaryl/α,β-unsaturated/α-hetero) is 1. The first-order valence-electron chi connectivity index (χ1n) is 24.6. The van der Waals surface area contributed by atoms with Crippen LogP contribution in [0.25, 0.3) is 0 Å². The molecule has 71 heavy (non-hydrogen) atoms. The van der Waals surface area contributed by atoms with Gasteiger partial charge in [0.2, 0.25) is 11.7 Å². The van der Waals surface area contributed by atoms with Crippen molar-refractivity contribution in [2.45, 2.75) is 180 Å². The maximum atomic E-state index is 15.3. The summed E-state index contributed by atoms with van der Waals surface area (Å²) in [6.07, 6.45) is -0.710. The summed E-state index contributed by atoms with van der Waals surface area (Å²) < 4.78 is 17.5. The number of fused-ring (bicyclic) bond motifs is 2. The Labute approximate surface area is 415 Å². The zero-order valence-electron chi connectivity index (χ0n) is 43.2. The smallest absolute Gasteiger partial charge is 0.331 e. The van der Waals surface area contributed by atoms with Gasteiger partial charge in [-0.1, -0.05) is 46.8 Å². The lowest BCUT2D eigenvalue weighted by molar-refractivity contribution is -0.325. The van der Waals surface area contributed by atoms with Crippen LogP contribution >= 0.6 is 0 Å². The van der Waals surface area contributed by atoms with Gasteiger partial charge in [-0.25, -0.2) is 20.7 Å². The largest absolute Gasteiger partial charge is 0.458 e. The average Bonchev–Trinajstić information content (AvgIpc) is 3.35. The summed E-state index contributed by atoms with van der Waals surface area (Å²) in [5.74, 6) is -12.0. The summed E-state index contributed by atoms with van der Waals surface area (Å²) in [5, 5.41) is 54.4. The van der Waals surface area contributed by atoms with Crippen molar-refractivity contribution in [3.05, 3.63) is 23.3 Å². The van der Waals surface area contributed by atoms with Crippen molar-refractivity contribution in [1.82, 2.24) is 41.5 Å². The quantitative estimate of drug-likeness (QED) is 0.0541. The van der Waals surface area contributed by atoms with Gasteiger partial charge < -0.3 is 45.1 Å². The summed E-state index contributed by atoms with van der Waals surface area (Å²) >= 11 is 0. The molecule has 4 saturated heterocycles. The third kappa shape index (κ3) is 12.7. The van der Waals surface area contributed by atoms with Gasteiger partial charge in [-0.05, 0) is 96.1 Å². The molecule has 23 nitrogen and oxygen atoms in total. The molecule has 0 aromatic heterocycles. The minimum absolute atomic E-state index is 0.0792. The summed E-state index contributed by atoms with van der Waals surface area (Å²) in [5.41, 5.74) is 3.98. The van der Waals surface area contributed by atoms with Crippen molar-refractivity contribution in [1.29, 1.82) is 0 Å². The van der Waals surface area contributed by atoms with Crippen LogP contribution in [-0.4, -0.2) is 188 Å². The van der Waals surface area contributed by atoms with Crippen molar-refractivity contribution in [2.75, 3.05) is 33.9 Å². The van der Waals surface area contributed by atoms with Gasteiger partial charge in [0.05, 0.1) is 18.8 Å². The van der Waals surface area contributed by atoms with Crippen molar-refractivity contribution in [3.63, 3.8) is 0 Å². The number of aliphatic hydroxyl groups excluding tert-OH is 1. The van der Waals surface area contributed by atoms with Crippen LogP contribution in [0.4, 0.5) is 0 Å². The number of likely N-dealkylation sites (N-methyl/N-ethyl adjacent to an activating group) is 1. The van der Waals surface area contributed by atoms with Gasteiger partial charge in [0.25, 0.3) is 29.5 Å². The van der Waals surface area contributed by atoms with E-state index in [1.54, 1.807) is 39.8 Å². The van der Waals surface area contributed by atoms with E-state index in [9.17, 15) is 54.1 Å². The molecule has 0 unspecified atom stereocenters. The molecule has 4 fully saturated rings. The zero-order valence-corrected chi connectivity index (χ0v) is 43.2. The fourth-order valence-corrected chi connectivity index (χ4v) is 9.52. The summed E-state index contributed by atoms with van der Waals surface area (Å²) in [7, 11) is 2.47. The second kappa shape index (κ2) is 24.7. The van der Waals surface area contributed by atoms with E-state index in [4.69, 9.17) is 14.2 Å². The van der Waals surface area contributed by atoms with Crippen LogP contribution < -0.4 is 21.5 Å². The number of aliphatic hydroxyl groups is 3. The van der Waals surface area contributed by atoms with Crippen LogP contribution in [-0.2, 0) is 52.6 Å². The molecule has 13 atom stereocenters. The van der Waals surface area contributed by atoms with E-state index in [-0.39, 0.29) is 62.0 Å². The number of carbonyl (C=O) groups excluding carboxylic acids is 8. The number of esters is 1. The van der Waals surface area contributed by atoms with E-state index in [1.165, 1.54) is 48.8 Å². The molecule has 400 valence electrons. The molecule has 0 spiro atoms. The number of amides is 6. The molecule has 0 aromatic rings. The van der Waals surface area contributed by atoms with Gasteiger partial charge in [0, 0.05) is 39.6 Å². The van der Waals surface area contributed by atoms with Gasteiger partial charge in [0.15, 0.2) is 23.5 Å². The zero-order chi connectivity index (χ0) is 53.4. The number of nitrogens with one attached hydrogen (secondary N) is 4. The van der Waals surface area contributed by atoms with Crippen LogP contribution in [0, 0.1) is 17.8 Å². The number of hydroxylamine groups is 2. The number of rotatable bonds is 12. The molecule has 4 heterocycles. The minimum Gasteiger partial charge on any atom is -0.458 e. The standard InChI is InChI=1S/C48H78N8O15/c1-13-26(5)37(58)28(7)23-29(8)39-27(6)19-20-48(67,71-39)47(66,14-2)46(65)52-36-38(25(3)4)70-45(64)35(31(10)57)51-40(59)32-17-15-21-49-54(32)41(60)30(9)53(11)42(61)34(24-69-12)56(68)43(62)33-18-16-22-50-55(33)44(36)63/h13,23,25,27-28,30-36,38-39,49-50,57,66-68H,14-22,24H2,1-12H3,(H,51,59)(H,52,65)/b26-13+,29-23+/t27-,28-,30+,31-,32+,33+,34-,35+,36-,38-,39-,47+,48+/m0/s1. The number of methoxy groups -OCH3 is 1. The maximum absolute atomic E-state index is 15.3. The Bertz CT molecular complexity index is 2050. The Morgan fingerprint density at radius 1 is 0.944 bits per heavy atom. The van der Waals surface area contributed by atoms with Gasteiger partial charge in [-0.2, -0.15) is 0 Å². The van der Waals surface area contributed by atoms with Crippen molar-refractivity contribution < 1.29 is 73.1 Å². The molecule has 4 aliphatic rings. The fraction of sp³-hybridized carbons (Fsp3) is 0.750. The van der Waals surface area contributed by atoms with Crippen molar-refractivity contribution in [2.24, 2.45) is 17.8 Å². The van der Waals surface area contributed by atoms with Crippen LogP contribution in [0.5, 0.6) is 0 Å². The van der Waals surface area contributed by atoms with Gasteiger partial charge >= 0.3 is 5.97 Å². The number of hydrogen-bond donors (Lipinski definition) is 8. The van der Waals surface area contributed by atoms with Crippen LogP contribution in [0.2, 0.25) is 0 Å². The number of hydrazine groups is 2. The first-order valence-corrected chi connectivity index (χ1v) is 24.6. The van der Waals surface area contributed by atoms with Crippen molar-refractivity contribution in [3.8, 4) is 0 Å². The molecule has 0 radical (unpaired) electrons. The number of cyclic esters (lactones) is 1. The summed E-state index contributed by atoms with van der Waals surface area (Å²) in [4.78, 5) is 115. The third-order valence-corrected chi connectivity index (χ3v) is 14.3. The SMILES string of the molecule is C/C=C(\C)C(=O)[C@@H](C)/C=C(\C)[C@H]1O[C@@](O)([C@@](O)(CC)C(=O)N[C@@H]2C(=O)N3NCCC[C@@H]3C(=O)N(O)[C@@H](COC)C(=O)N(C)[C@H](C)C(=O)N3NCCC[C@@H]3C(=O)N[C@H]([C@H](C)O)C(=O)O[C@H]2C(C)C)CC[C@@H]1C. The fourth-order valence-electron chi connectivity index (χ4n) is 9.52. The van der Waals surface area contributed by atoms with E-state index in [0.717, 1.165) is 14.9 Å². The highest BCUT2D eigenvalue weighted by Gasteiger charge is 2.59. The van der Waals surface area contributed by atoms with E-state index < -0.39 is 132 Å². The normalized spacial score (nSPS) is 32.4. The Morgan fingerprint density at radius 3 is 2.08 bits per heavy atom. The highest BCUT2D eigenvalue weighted by molar-refractivity contribution is 5.98. The molecule has 8 N–H and O–H groups in total. The van der Waals surface area contributed by atoms with E-state index in [0.29, 0.717) is 17.6 Å². The number of nitrogens with zero attached hydrogens (tertiary/aromatic N) is 4. The highest BCUT2D eigenvalue weighted by atomic mass is 16.7. The van der Waals surface area contributed by atoms with E-state index >= 15 is 4.79 Å². The Hall–Kier alpha value is -4.88. The second-order valence-corrected chi connectivity index (χ2v) is 19.7. The number of ketones is 1. The Morgan fingerprint density at radius 2 is 1.54 bits per heavy atom. The number of allylic oxidation sites excluding steroid dienone is 3. The van der Waals surface area contributed by atoms with Gasteiger partial charge in [0.1, 0.15) is 30.3 Å². The molecule has 0 bridgehead atoms. The Kier molecular flexibility index (Phi) is 20.4. The lowest BCUT2D eigenvalue weighted by atomic mass is 9.78. The first-order chi connectivity index (χ1) is 33.2. The highest BCUT2D eigenvalue weighted by Crippen LogP contribution is 2.42. The molecule has 6 amide bonds. The van der Waals surface area contributed by atoms with Crippen molar-refractivity contribution >= 4 is 47.2 Å². The maximum Gasteiger partial charge on any atom is 0.331 e. The molecule has 0 saturated carbocycles. The monoisotopic (exact) mass is 1010 g/mol. The molecule has 0 aliphatic carbocycles. The van der Waals surface area contributed by atoms with Gasteiger partial charge in [-0.3, -0.25) is 48.8 Å². The number of carbonyl (C=O) groups is 8. The van der Waals surface area contributed by atoms with E-state index in [1.807, 2.05) is 6.92 Å². The Balaban J connectivity index is 1.87. The molecule has 0 aromatic carbocycles. The topological polar surface area (TPSA) is 306 Å². The third-order valence-electron chi connectivity index (χ3n) is 14.3. The minimum atomic E-state index is -2.82. The van der Waals surface area contributed by atoms with E-state index in [2.05, 4.69) is 21.5 Å². The first kappa shape index (κ1) is 58.7. The molecular weight excluding hydrogens is 929 g/mol. The number of ether oxygens (including phenoxy) is 3. The predicted octanol–water partition coefficient (Wildman–Crippen LogP) is -0.248. The van der Waals surface area contributed by atoms with Gasteiger partial charge in [-0.15, -0.1) is 0 Å². The van der Waals surface area contributed by atoms with Crippen LogP contribution in [0.3, 0.4) is 0 Å². The van der Waals surface area contributed by atoms with Crippen LogP contribution in [0.15, 0.2) is 23.3 Å². The molecule has 4 rings (SSSR count). The molecule has 4 aliphatic heterocycles. The summed E-state index contributed by atoms with van der Waals surface area (Å²) in [6, 6.07) is -9.79. The lowest BCUT2D eigenvalue weighted by Crippen LogP contribution is -2.71.